The zero-order valence-electron chi connectivity index (χ0n) is 13.9. The molecular formula is C17H26N2O3. The molecule has 1 unspecified atom stereocenters. The molecule has 0 aromatic heterocycles. The highest BCUT2D eigenvalue weighted by Crippen LogP contribution is 2.25. The molecule has 2 heterocycles. The second kappa shape index (κ2) is 7.11. The van der Waals surface area contributed by atoms with Crippen LogP contribution in [0.3, 0.4) is 0 Å². The number of hydrogen-bond donors (Lipinski definition) is 1. The van der Waals surface area contributed by atoms with Gasteiger partial charge in [-0.25, -0.2) is 4.79 Å². The zero-order chi connectivity index (χ0) is 16.2. The van der Waals surface area contributed by atoms with E-state index < -0.39 is 11.8 Å². The molecule has 0 aromatic rings. The quantitative estimate of drug-likeness (QED) is 0.871. The second-order valence-corrected chi connectivity index (χ2v) is 6.36. The fourth-order valence-corrected chi connectivity index (χ4v) is 2.40. The predicted octanol–water partition coefficient (Wildman–Crippen LogP) is 2.96. The highest BCUT2D eigenvalue weighted by molar-refractivity contribution is 5.71. The van der Waals surface area contributed by atoms with Gasteiger partial charge in [0.05, 0.1) is 0 Å². The van der Waals surface area contributed by atoms with E-state index in [4.69, 9.17) is 9.47 Å². The van der Waals surface area contributed by atoms with E-state index in [1.165, 1.54) is 10.5 Å². The molecule has 122 valence electrons. The summed E-state index contributed by atoms with van der Waals surface area (Å²) in [6.07, 6.45) is 8.09. The van der Waals surface area contributed by atoms with Crippen LogP contribution < -0.4 is 5.32 Å². The predicted molar refractivity (Wildman–Crippen MR) is 86.3 cm³/mol. The van der Waals surface area contributed by atoms with Crippen LogP contribution in [0.4, 0.5) is 4.79 Å². The molecule has 2 rings (SSSR count). The Balaban J connectivity index is 2.20. The first-order valence-corrected chi connectivity index (χ1v) is 7.84. The zero-order valence-corrected chi connectivity index (χ0v) is 13.9. The normalized spacial score (nSPS) is 22.2. The SMILES string of the molecule is CCOC1C=CC(C2=CCNCC2)=CN1C(=O)OC(C)(C)C. The molecule has 1 N–H and O–H groups in total. The summed E-state index contributed by atoms with van der Waals surface area (Å²) in [5.41, 5.74) is 1.76. The van der Waals surface area contributed by atoms with E-state index in [9.17, 15) is 4.79 Å². The number of hydrogen-bond acceptors (Lipinski definition) is 4. The Labute approximate surface area is 132 Å². The summed E-state index contributed by atoms with van der Waals surface area (Å²) >= 11 is 0. The summed E-state index contributed by atoms with van der Waals surface area (Å²) in [4.78, 5) is 14.0. The number of ether oxygens (including phenoxy) is 2. The Morgan fingerprint density at radius 1 is 1.45 bits per heavy atom. The summed E-state index contributed by atoms with van der Waals surface area (Å²) in [5, 5.41) is 3.29. The molecule has 0 saturated carbocycles. The molecule has 1 atom stereocenters. The second-order valence-electron chi connectivity index (χ2n) is 6.36. The van der Waals surface area contributed by atoms with Crippen LogP contribution in [0.15, 0.2) is 35.6 Å². The number of rotatable bonds is 3. The molecule has 0 fully saturated rings. The van der Waals surface area contributed by atoms with Crippen molar-refractivity contribution in [1.82, 2.24) is 10.2 Å². The minimum atomic E-state index is -0.531. The van der Waals surface area contributed by atoms with E-state index in [1.54, 1.807) is 0 Å². The van der Waals surface area contributed by atoms with Crippen molar-refractivity contribution in [3.05, 3.63) is 35.6 Å². The largest absolute Gasteiger partial charge is 0.443 e. The average Bonchev–Trinajstić information content (AvgIpc) is 2.47. The molecule has 2 aliphatic heterocycles. The van der Waals surface area contributed by atoms with Gasteiger partial charge in [-0.1, -0.05) is 12.2 Å². The van der Waals surface area contributed by atoms with Crippen LogP contribution in [0.1, 0.15) is 34.1 Å². The van der Waals surface area contributed by atoms with Crippen LogP contribution >= 0.6 is 0 Å². The summed E-state index contributed by atoms with van der Waals surface area (Å²) in [6, 6.07) is 0. The summed E-state index contributed by atoms with van der Waals surface area (Å²) in [6.45, 7) is 9.85. The Bertz CT molecular complexity index is 501. The smallest absolute Gasteiger partial charge is 0.416 e. The van der Waals surface area contributed by atoms with Gasteiger partial charge in [0.1, 0.15) is 5.60 Å². The molecule has 0 aliphatic carbocycles. The van der Waals surface area contributed by atoms with Crippen molar-refractivity contribution in [2.24, 2.45) is 0 Å². The van der Waals surface area contributed by atoms with Crippen LogP contribution in [-0.2, 0) is 9.47 Å². The highest BCUT2D eigenvalue weighted by atomic mass is 16.6. The maximum absolute atomic E-state index is 12.4. The highest BCUT2D eigenvalue weighted by Gasteiger charge is 2.29. The van der Waals surface area contributed by atoms with E-state index in [-0.39, 0.29) is 6.09 Å². The van der Waals surface area contributed by atoms with Gasteiger partial charge in [0, 0.05) is 19.4 Å². The first-order valence-electron chi connectivity index (χ1n) is 7.84. The standard InChI is InChI=1S/C17H26N2O3/c1-5-21-15-7-6-14(13-8-10-18-11-9-13)12-19(15)16(20)22-17(2,3)4/h6-8,12,15,18H,5,9-11H2,1-4H3. The molecule has 0 spiro atoms. The van der Waals surface area contributed by atoms with Crippen LogP contribution in [0, 0.1) is 0 Å². The molecule has 0 bridgehead atoms. The molecule has 5 nitrogen and oxygen atoms in total. The fraction of sp³-hybridized carbons (Fsp3) is 0.588. The molecule has 5 heteroatoms. The third kappa shape index (κ3) is 4.45. The molecule has 22 heavy (non-hydrogen) atoms. The lowest BCUT2D eigenvalue weighted by molar-refractivity contribution is -0.0250. The number of allylic oxidation sites excluding steroid dienone is 2. The van der Waals surface area contributed by atoms with Crippen molar-refractivity contribution in [1.29, 1.82) is 0 Å². The average molecular weight is 306 g/mol. The van der Waals surface area contributed by atoms with Crippen molar-refractivity contribution in [3.8, 4) is 0 Å². The molecule has 0 radical (unpaired) electrons. The van der Waals surface area contributed by atoms with Gasteiger partial charge in [-0.3, -0.25) is 4.90 Å². The number of nitrogens with one attached hydrogen (secondary N) is 1. The third-order valence-corrected chi connectivity index (χ3v) is 3.37. The van der Waals surface area contributed by atoms with Crippen molar-refractivity contribution in [3.63, 3.8) is 0 Å². The van der Waals surface area contributed by atoms with Gasteiger partial charge in [-0.05, 0) is 57.9 Å². The third-order valence-electron chi connectivity index (χ3n) is 3.37. The molecule has 0 saturated heterocycles. The maximum atomic E-state index is 12.4. The number of carbonyl (C=O) groups excluding carboxylic acids is 1. The molecule has 2 aliphatic rings. The first-order chi connectivity index (χ1) is 10.4. The van der Waals surface area contributed by atoms with E-state index >= 15 is 0 Å². The van der Waals surface area contributed by atoms with E-state index in [2.05, 4.69) is 11.4 Å². The van der Waals surface area contributed by atoms with Gasteiger partial charge in [0.25, 0.3) is 0 Å². The van der Waals surface area contributed by atoms with Crippen molar-refractivity contribution in [2.75, 3.05) is 19.7 Å². The van der Waals surface area contributed by atoms with Crippen molar-refractivity contribution < 1.29 is 14.3 Å². The molecule has 1 amide bonds. The lowest BCUT2D eigenvalue weighted by atomic mass is 9.99. The number of nitrogens with zero attached hydrogens (tertiary/aromatic N) is 1. The minimum Gasteiger partial charge on any atom is -0.443 e. The Hall–Kier alpha value is -1.59. The molecular weight excluding hydrogens is 280 g/mol. The maximum Gasteiger partial charge on any atom is 0.416 e. The van der Waals surface area contributed by atoms with Crippen molar-refractivity contribution in [2.45, 2.75) is 45.9 Å². The van der Waals surface area contributed by atoms with Crippen LogP contribution in [0.2, 0.25) is 0 Å². The Kier molecular flexibility index (Phi) is 5.42. The van der Waals surface area contributed by atoms with E-state index in [0.29, 0.717) is 6.61 Å². The van der Waals surface area contributed by atoms with Gasteiger partial charge in [-0.2, -0.15) is 0 Å². The lowest BCUT2D eigenvalue weighted by Crippen LogP contribution is -2.42. The monoisotopic (exact) mass is 306 g/mol. The summed E-state index contributed by atoms with van der Waals surface area (Å²) in [5.74, 6) is 0. The number of carbonyl (C=O) groups is 1. The lowest BCUT2D eigenvalue weighted by Gasteiger charge is -2.32. The Morgan fingerprint density at radius 2 is 2.23 bits per heavy atom. The van der Waals surface area contributed by atoms with Crippen molar-refractivity contribution >= 4 is 6.09 Å². The van der Waals surface area contributed by atoms with Crippen LogP contribution in [0.5, 0.6) is 0 Å². The van der Waals surface area contributed by atoms with Gasteiger partial charge in [0.15, 0.2) is 6.23 Å². The molecule has 0 aromatic carbocycles. The van der Waals surface area contributed by atoms with E-state index in [0.717, 1.165) is 25.1 Å². The minimum absolute atomic E-state index is 0.387. The topological polar surface area (TPSA) is 50.8 Å². The number of amides is 1. The van der Waals surface area contributed by atoms with Gasteiger partial charge >= 0.3 is 6.09 Å². The summed E-state index contributed by atoms with van der Waals surface area (Å²) in [7, 11) is 0. The van der Waals surface area contributed by atoms with Gasteiger partial charge in [-0.15, -0.1) is 0 Å². The van der Waals surface area contributed by atoms with Gasteiger partial charge < -0.3 is 14.8 Å². The van der Waals surface area contributed by atoms with Gasteiger partial charge in [0.2, 0.25) is 0 Å². The van der Waals surface area contributed by atoms with E-state index in [1.807, 2.05) is 46.0 Å². The first kappa shape index (κ1) is 16.8. The fourth-order valence-electron chi connectivity index (χ4n) is 2.40. The summed E-state index contributed by atoms with van der Waals surface area (Å²) < 4.78 is 11.1. The Morgan fingerprint density at radius 3 is 2.82 bits per heavy atom. The van der Waals surface area contributed by atoms with Crippen LogP contribution in [-0.4, -0.2) is 42.5 Å². The van der Waals surface area contributed by atoms with Crippen LogP contribution in [0.25, 0.3) is 0 Å².